The molecule has 0 bridgehead atoms. The second-order valence-corrected chi connectivity index (χ2v) is 7.36. The van der Waals surface area contributed by atoms with Gasteiger partial charge in [-0.15, -0.1) is 4.83 Å². The Bertz CT molecular complexity index is 587. The van der Waals surface area contributed by atoms with Crippen LogP contribution < -0.4 is 15.6 Å². The molecular formula is C8H18N4O8S2. The average Bonchev–Trinajstić information content (AvgIpc) is 2.36. The SMILES string of the molecule is CCOC(=O)NN(NS(C)(=O)=O)S(=O)(=O)CCNC(=O)OC. The second kappa shape index (κ2) is 8.72. The van der Waals surface area contributed by atoms with Crippen LogP contribution in [0, 0.1) is 0 Å². The Hall–Kier alpha value is -1.64. The van der Waals surface area contributed by atoms with Crippen molar-refractivity contribution in [2.45, 2.75) is 6.92 Å². The van der Waals surface area contributed by atoms with E-state index in [4.69, 9.17) is 0 Å². The number of amides is 2. The van der Waals surface area contributed by atoms with Crippen LogP contribution in [0.1, 0.15) is 6.92 Å². The number of carbonyl (C=O) groups is 2. The van der Waals surface area contributed by atoms with E-state index in [-0.39, 0.29) is 17.7 Å². The number of alkyl carbamates (subject to hydrolysis) is 1. The predicted molar refractivity (Wildman–Crippen MR) is 74.2 cm³/mol. The van der Waals surface area contributed by atoms with Crippen molar-refractivity contribution in [3.8, 4) is 0 Å². The molecule has 0 aromatic carbocycles. The van der Waals surface area contributed by atoms with Gasteiger partial charge in [-0.3, -0.25) is 0 Å². The molecule has 0 aromatic heterocycles. The van der Waals surface area contributed by atoms with Crippen LogP contribution in [0.15, 0.2) is 0 Å². The standard InChI is InChI=1S/C8H18N4O8S2/c1-4-20-8(14)10-12(11-21(3,15)16)22(17,18)6-5-9-7(13)19-2/h11H,4-6H2,1-3H3,(H,9,13)(H,10,14). The maximum Gasteiger partial charge on any atom is 0.423 e. The lowest BCUT2D eigenvalue weighted by molar-refractivity contribution is 0.129. The summed E-state index contributed by atoms with van der Waals surface area (Å²) in [5.74, 6) is -0.711. The van der Waals surface area contributed by atoms with Crippen molar-refractivity contribution in [3.05, 3.63) is 0 Å². The van der Waals surface area contributed by atoms with Crippen molar-refractivity contribution >= 4 is 32.2 Å². The number of hydrogen-bond donors (Lipinski definition) is 3. The lowest BCUT2D eigenvalue weighted by atomic mass is 10.7. The minimum atomic E-state index is -4.31. The third kappa shape index (κ3) is 8.60. The van der Waals surface area contributed by atoms with Gasteiger partial charge in [0.05, 0.1) is 25.7 Å². The van der Waals surface area contributed by atoms with Gasteiger partial charge in [0.1, 0.15) is 0 Å². The summed E-state index contributed by atoms with van der Waals surface area (Å²) < 4.78 is 54.9. The van der Waals surface area contributed by atoms with Gasteiger partial charge < -0.3 is 14.8 Å². The number of nitrogens with zero attached hydrogens (tertiary/aromatic N) is 1. The summed E-state index contributed by atoms with van der Waals surface area (Å²) in [6, 6.07) is 0. The minimum absolute atomic E-state index is 0.000709. The van der Waals surface area contributed by atoms with E-state index in [9.17, 15) is 26.4 Å². The molecule has 130 valence electrons. The molecule has 0 aliphatic carbocycles. The largest absolute Gasteiger partial charge is 0.453 e. The van der Waals surface area contributed by atoms with Crippen LogP contribution in [0.3, 0.4) is 0 Å². The Morgan fingerprint density at radius 3 is 2.18 bits per heavy atom. The normalized spacial score (nSPS) is 11.8. The molecule has 0 spiro atoms. The maximum absolute atomic E-state index is 12.0. The first kappa shape index (κ1) is 20.4. The van der Waals surface area contributed by atoms with E-state index in [1.54, 1.807) is 10.3 Å². The van der Waals surface area contributed by atoms with Gasteiger partial charge in [0.15, 0.2) is 0 Å². The first-order valence-electron chi connectivity index (χ1n) is 5.77. The molecule has 0 aliphatic heterocycles. The van der Waals surface area contributed by atoms with Crippen molar-refractivity contribution in [1.29, 1.82) is 0 Å². The number of hydrazine groups is 2. The minimum Gasteiger partial charge on any atom is -0.453 e. The zero-order valence-electron chi connectivity index (χ0n) is 12.2. The summed E-state index contributed by atoms with van der Waals surface area (Å²) in [7, 11) is -7.22. The number of ether oxygens (including phenoxy) is 2. The van der Waals surface area contributed by atoms with Crippen LogP contribution >= 0.6 is 0 Å². The highest BCUT2D eigenvalue weighted by molar-refractivity contribution is 7.91. The zero-order chi connectivity index (χ0) is 17.4. The Kier molecular flexibility index (Phi) is 8.07. The van der Waals surface area contributed by atoms with Crippen LogP contribution in [0.5, 0.6) is 0 Å². The lowest BCUT2D eigenvalue weighted by Gasteiger charge is -2.21. The summed E-state index contributed by atoms with van der Waals surface area (Å²) in [6.45, 7) is 1.05. The first-order valence-corrected chi connectivity index (χ1v) is 9.27. The Morgan fingerprint density at radius 2 is 1.73 bits per heavy atom. The topological polar surface area (TPSA) is 160 Å². The smallest absolute Gasteiger partial charge is 0.423 e. The number of nitrogens with one attached hydrogen (secondary N) is 3. The van der Waals surface area contributed by atoms with E-state index in [1.807, 2.05) is 0 Å². The highest BCUT2D eigenvalue weighted by Gasteiger charge is 2.27. The summed E-state index contributed by atoms with van der Waals surface area (Å²) in [5, 5.41) is 2.10. The van der Waals surface area contributed by atoms with E-state index in [1.165, 1.54) is 6.92 Å². The van der Waals surface area contributed by atoms with Crippen LogP contribution in [0.25, 0.3) is 0 Å². The molecule has 2 amide bonds. The highest BCUT2D eigenvalue weighted by Crippen LogP contribution is 1.97. The number of rotatable bonds is 8. The molecule has 0 radical (unpaired) electrons. The van der Waals surface area contributed by atoms with Crippen molar-refractivity contribution in [1.82, 2.24) is 20.1 Å². The fourth-order valence-corrected chi connectivity index (χ4v) is 2.96. The predicted octanol–water partition coefficient (Wildman–Crippen LogP) is -1.90. The van der Waals surface area contributed by atoms with Crippen molar-refractivity contribution < 1.29 is 35.9 Å². The van der Waals surface area contributed by atoms with Crippen molar-refractivity contribution in [3.63, 3.8) is 0 Å². The molecule has 14 heteroatoms. The lowest BCUT2D eigenvalue weighted by Crippen LogP contribution is -2.56. The maximum atomic E-state index is 12.0. The highest BCUT2D eigenvalue weighted by atomic mass is 32.2. The van der Waals surface area contributed by atoms with E-state index in [2.05, 4.69) is 14.8 Å². The van der Waals surface area contributed by atoms with Gasteiger partial charge in [-0.25, -0.2) is 31.9 Å². The van der Waals surface area contributed by atoms with Crippen molar-refractivity contribution in [2.24, 2.45) is 0 Å². The summed E-state index contributed by atoms with van der Waals surface area (Å²) in [6.07, 6.45) is -1.35. The third-order valence-electron chi connectivity index (χ3n) is 1.81. The van der Waals surface area contributed by atoms with E-state index in [0.29, 0.717) is 6.26 Å². The Balaban J connectivity index is 4.96. The monoisotopic (exact) mass is 362 g/mol. The molecule has 0 atom stereocenters. The van der Waals surface area contributed by atoms with Crippen LogP contribution in [-0.2, 0) is 29.5 Å². The van der Waals surface area contributed by atoms with Gasteiger partial charge in [-0.1, -0.05) is 0 Å². The molecule has 0 saturated heterocycles. The van der Waals surface area contributed by atoms with Gasteiger partial charge in [0.25, 0.3) is 0 Å². The summed E-state index contributed by atoms with van der Waals surface area (Å²) >= 11 is 0. The van der Waals surface area contributed by atoms with Gasteiger partial charge in [0, 0.05) is 6.54 Å². The molecule has 0 saturated carbocycles. The molecule has 0 aliphatic rings. The molecule has 0 aromatic rings. The molecule has 0 fully saturated rings. The van der Waals surface area contributed by atoms with Crippen LogP contribution in [0.2, 0.25) is 0 Å². The van der Waals surface area contributed by atoms with Crippen molar-refractivity contribution in [2.75, 3.05) is 32.3 Å². The number of carbonyl (C=O) groups excluding carboxylic acids is 2. The molecule has 0 heterocycles. The number of sulfonamides is 2. The van der Waals surface area contributed by atoms with Gasteiger partial charge in [-0.05, 0) is 11.4 Å². The Morgan fingerprint density at radius 1 is 1.14 bits per heavy atom. The van der Waals surface area contributed by atoms with Gasteiger partial charge in [-0.2, -0.15) is 0 Å². The molecular weight excluding hydrogens is 344 g/mol. The second-order valence-electron chi connectivity index (χ2n) is 3.69. The van der Waals surface area contributed by atoms with Gasteiger partial charge in [0.2, 0.25) is 20.0 Å². The average molecular weight is 362 g/mol. The molecule has 0 rings (SSSR count). The van der Waals surface area contributed by atoms with Crippen LogP contribution in [0.4, 0.5) is 9.59 Å². The fraction of sp³-hybridized carbons (Fsp3) is 0.750. The first-order chi connectivity index (χ1) is 10.0. The molecule has 3 N–H and O–H groups in total. The molecule has 0 unspecified atom stereocenters. The molecule has 22 heavy (non-hydrogen) atoms. The number of methoxy groups -OCH3 is 1. The van der Waals surface area contributed by atoms with Gasteiger partial charge >= 0.3 is 12.2 Å². The quantitative estimate of drug-likeness (QED) is 0.422. The summed E-state index contributed by atoms with van der Waals surface area (Å²) in [4.78, 5) is 23.7. The zero-order valence-corrected chi connectivity index (χ0v) is 13.8. The summed E-state index contributed by atoms with van der Waals surface area (Å²) in [5.41, 5.74) is 1.72. The van der Waals surface area contributed by atoms with E-state index in [0.717, 1.165) is 7.11 Å². The number of hydrogen-bond acceptors (Lipinski definition) is 8. The van der Waals surface area contributed by atoms with E-state index < -0.39 is 38.0 Å². The van der Waals surface area contributed by atoms with Crippen LogP contribution in [-0.4, -0.2) is 65.8 Å². The Labute approximate surface area is 128 Å². The molecule has 12 nitrogen and oxygen atoms in total. The van der Waals surface area contributed by atoms with E-state index >= 15 is 0 Å². The third-order valence-corrected chi connectivity index (χ3v) is 3.90. The fourth-order valence-electron chi connectivity index (χ4n) is 0.992.